The minimum atomic E-state index is 0.513. The minimum Gasteiger partial charge on any atom is -0.462 e. The van der Waals surface area contributed by atoms with E-state index in [0.717, 1.165) is 28.6 Å². The Morgan fingerprint density at radius 1 is 1.50 bits per heavy atom. The fourth-order valence-corrected chi connectivity index (χ4v) is 1.81. The molecule has 0 saturated carbocycles. The van der Waals surface area contributed by atoms with E-state index in [2.05, 4.69) is 11.1 Å². The number of pyridine rings is 1. The third-order valence-electron chi connectivity index (χ3n) is 2.44. The standard InChI is InChI=1S/C11H6N2O/c12-6-10-7-2-1-3-8(7)11-9(13-10)4-5-14-11/h1,3-5H,2H2. The van der Waals surface area contributed by atoms with Crippen LogP contribution >= 0.6 is 0 Å². The fourth-order valence-electron chi connectivity index (χ4n) is 1.81. The van der Waals surface area contributed by atoms with Crippen molar-refractivity contribution >= 4 is 17.2 Å². The maximum Gasteiger partial charge on any atom is 0.159 e. The van der Waals surface area contributed by atoms with E-state index in [1.807, 2.05) is 12.2 Å². The average Bonchev–Trinajstić information content (AvgIpc) is 2.83. The molecule has 0 saturated heterocycles. The molecule has 3 rings (SSSR count). The van der Waals surface area contributed by atoms with Gasteiger partial charge in [-0.25, -0.2) is 4.98 Å². The molecule has 0 aromatic carbocycles. The van der Waals surface area contributed by atoms with E-state index in [1.165, 1.54) is 0 Å². The molecule has 0 atom stereocenters. The summed E-state index contributed by atoms with van der Waals surface area (Å²) < 4.78 is 5.34. The molecule has 0 N–H and O–H groups in total. The highest BCUT2D eigenvalue weighted by molar-refractivity contribution is 5.87. The third-order valence-corrected chi connectivity index (χ3v) is 2.44. The molecular weight excluding hydrogens is 176 g/mol. The lowest BCUT2D eigenvalue weighted by molar-refractivity contribution is 0.614. The molecule has 1 aliphatic carbocycles. The zero-order valence-corrected chi connectivity index (χ0v) is 7.32. The van der Waals surface area contributed by atoms with Crippen LogP contribution in [0.15, 0.2) is 22.8 Å². The zero-order chi connectivity index (χ0) is 9.54. The van der Waals surface area contributed by atoms with Gasteiger partial charge in [-0.2, -0.15) is 5.26 Å². The number of allylic oxidation sites excluding steroid dienone is 1. The van der Waals surface area contributed by atoms with E-state index in [9.17, 15) is 0 Å². The summed E-state index contributed by atoms with van der Waals surface area (Å²) in [5, 5.41) is 8.93. The number of furan rings is 1. The summed E-state index contributed by atoms with van der Waals surface area (Å²) in [6.45, 7) is 0. The number of nitrogens with zero attached hydrogens (tertiary/aromatic N) is 2. The van der Waals surface area contributed by atoms with Gasteiger partial charge in [0.15, 0.2) is 5.58 Å². The quantitative estimate of drug-likeness (QED) is 0.627. The van der Waals surface area contributed by atoms with Crippen molar-refractivity contribution < 1.29 is 4.42 Å². The van der Waals surface area contributed by atoms with Crippen molar-refractivity contribution in [2.45, 2.75) is 6.42 Å². The van der Waals surface area contributed by atoms with Gasteiger partial charge in [0.2, 0.25) is 0 Å². The van der Waals surface area contributed by atoms with Crippen molar-refractivity contribution in [2.24, 2.45) is 0 Å². The molecule has 2 aromatic rings. The van der Waals surface area contributed by atoms with Crippen LogP contribution < -0.4 is 0 Å². The van der Waals surface area contributed by atoms with Gasteiger partial charge in [-0.15, -0.1) is 0 Å². The van der Waals surface area contributed by atoms with Crippen LogP contribution in [-0.4, -0.2) is 4.98 Å². The molecule has 0 spiro atoms. The summed E-state index contributed by atoms with van der Waals surface area (Å²) in [5.74, 6) is 0. The van der Waals surface area contributed by atoms with E-state index in [0.29, 0.717) is 5.69 Å². The van der Waals surface area contributed by atoms with E-state index < -0.39 is 0 Å². The van der Waals surface area contributed by atoms with Crippen LogP contribution in [0.2, 0.25) is 0 Å². The first-order valence-corrected chi connectivity index (χ1v) is 4.37. The van der Waals surface area contributed by atoms with Crippen LogP contribution in [0.3, 0.4) is 0 Å². The topological polar surface area (TPSA) is 49.8 Å². The normalized spacial score (nSPS) is 13.1. The lowest BCUT2D eigenvalue weighted by Crippen LogP contribution is -1.93. The van der Waals surface area contributed by atoms with Gasteiger partial charge in [-0.3, -0.25) is 0 Å². The second kappa shape index (κ2) is 2.46. The Morgan fingerprint density at radius 3 is 3.29 bits per heavy atom. The maximum atomic E-state index is 8.93. The number of nitriles is 1. The highest BCUT2D eigenvalue weighted by Gasteiger charge is 2.17. The van der Waals surface area contributed by atoms with Gasteiger partial charge in [-0.05, 0) is 6.42 Å². The summed E-state index contributed by atoms with van der Waals surface area (Å²) >= 11 is 0. The Hall–Kier alpha value is -2.08. The minimum absolute atomic E-state index is 0.513. The number of aromatic nitrogens is 1. The predicted octanol–water partition coefficient (Wildman–Crippen LogP) is 2.27. The highest BCUT2D eigenvalue weighted by Crippen LogP contribution is 2.29. The van der Waals surface area contributed by atoms with Crippen molar-refractivity contribution in [1.82, 2.24) is 4.98 Å². The van der Waals surface area contributed by atoms with Gasteiger partial charge in [0.05, 0.1) is 6.26 Å². The SMILES string of the molecule is N#Cc1nc2ccoc2c2c1CC=C2. The van der Waals surface area contributed by atoms with Gasteiger partial charge in [0, 0.05) is 17.2 Å². The van der Waals surface area contributed by atoms with Gasteiger partial charge < -0.3 is 4.42 Å². The number of hydrogen-bond acceptors (Lipinski definition) is 3. The van der Waals surface area contributed by atoms with Crippen LogP contribution in [0.4, 0.5) is 0 Å². The molecule has 2 aromatic heterocycles. The summed E-state index contributed by atoms with van der Waals surface area (Å²) in [5.41, 5.74) is 4.05. The second-order valence-corrected chi connectivity index (χ2v) is 3.21. The van der Waals surface area contributed by atoms with E-state index in [1.54, 1.807) is 12.3 Å². The maximum absolute atomic E-state index is 8.93. The van der Waals surface area contributed by atoms with Crippen molar-refractivity contribution in [1.29, 1.82) is 5.26 Å². The molecule has 0 bridgehead atoms. The highest BCUT2D eigenvalue weighted by atomic mass is 16.3. The monoisotopic (exact) mass is 182 g/mol. The van der Waals surface area contributed by atoms with E-state index in [-0.39, 0.29) is 0 Å². The van der Waals surface area contributed by atoms with Crippen LogP contribution in [0, 0.1) is 11.3 Å². The fraction of sp³-hybridized carbons (Fsp3) is 0.0909. The lowest BCUT2D eigenvalue weighted by Gasteiger charge is -2.00. The molecule has 0 aliphatic heterocycles. The van der Waals surface area contributed by atoms with Crippen molar-refractivity contribution in [2.75, 3.05) is 0 Å². The van der Waals surface area contributed by atoms with Gasteiger partial charge in [0.25, 0.3) is 0 Å². The van der Waals surface area contributed by atoms with E-state index in [4.69, 9.17) is 9.68 Å². The second-order valence-electron chi connectivity index (χ2n) is 3.21. The van der Waals surface area contributed by atoms with Gasteiger partial charge >= 0.3 is 0 Å². The molecule has 0 amide bonds. The zero-order valence-electron chi connectivity index (χ0n) is 7.32. The third kappa shape index (κ3) is 0.775. The molecular formula is C11H6N2O. The lowest BCUT2D eigenvalue weighted by atomic mass is 10.1. The molecule has 1 aliphatic rings. The molecule has 14 heavy (non-hydrogen) atoms. The molecule has 3 heteroatoms. The summed E-state index contributed by atoms with van der Waals surface area (Å²) in [6, 6.07) is 3.90. The van der Waals surface area contributed by atoms with Gasteiger partial charge in [0.1, 0.15) is 17.3 Å². The predicted molar refractivity (Wildman–Crippen MR) is 51.5 cm³/mol. The Labute approximate surface area is 80.3 Å². The number of rotatable bonds is 0. The van der Waals surface area contributed by atoms with Crippen LogP contribution in [0.25, 0.3) is 17.2 Å². The largest absolute Gasteiger partial charge is 0.462 e. The van der Waals surface area contributed by atoms with Crippen LogP contribution in [0.5, 0.6) is 0 Å². The Kier molecular flexibility index (Phi) is 1.29. The summed E-state index contributed by atoms with van der Waals surface area (Å²) in [7, 11) is 0. The Balaban J connectivity index is 2.52. The summed E-state index contributed by atoms with van der Waals surface area (Å²) in [4.78, 5) is 4.23. The van der Waals surface area contributed by atoms with Crippen molar-refractivity contribution in [3.8, 4) is 6.07 Å². The van der Waals surface area contributed by atoms with Crippen molar-refractivity contribution in [3.63, 3.8) is 0 Å². The van der Waals surface area contributed by atoms with Crippen LogP contribution in [-0.2, 0) is 6.42 Å². The Bertz CT molecular complexity index is 587. The summed E-state index contributed by atoms with van der Waals surface area (Å²) in [6.07, 6.45) is 6.39. The van der Waals surface area contributed by atoms with Crippen LogP contribution in [0.1, 0.15) is 16.8 Å². The average molecular weight is 182 g/mol. The number of fused-ring (bicyclic) bond motifs is 3. The smallest absolute Gasteiger partial charge is 0.159 e. The number of hydrogen-bond donors (Lipinski definition) is 0. The first kappa shape index (κ1) is 7.34. The molecule has 66 valence electrons. The molecule has 0 fully saturated rings. The van der Waals surface area contributed by atoms with E-state index >= 15 is 0 Å². The first-order valence-electron chi connectivity index (χ1n) is 4.37. The first-order chi connectivity index (χ1) is 6.90. The van der Waals surface area contributed by atoms with Gasteiger partial charge in [-0.1, -0.05) is 12.2 Å². The molecule has 3 nitrogen and oxygen atoms in total. The molecule has 2 heterocycles. The molecule has 0 unspecified atom stereocenters. The van der Waals surface area contributed by atoms with Crippen molar-refractivity contribution in [3.05, 3.63) is 35.2 Å². The Morgan fingerprint density at radius 2 is 2.43 bits per heavy atom. The molecule has 0 radical (unpaired) electrons.